The monoisotopic (exact) mass is 374 g/mol. The third-order valence-corrected chi connectivity index (χ3v) is 4.98. The van der Waals surface area contributed by atoms with Crippen LogP contribution in [0.4, 0.5) is 5.95 Å². The average Bonchev–Trinajstić information content (AvgIpc) is 2.56. The molecule has 1 aliphatic heterocycles. The molecule has 0 spiro atoms. The standard InChI is InChI=1S/C18H23BrN4/c1-14-11-20-18(21-12-14)22(2)17-6-8-23(9-7-17)13-15-4-3-5-16(19)10-15/h3-5,10-12,17H,6-9,13H2,1-2H3. The largest absolute Gasteiger partial charge is 0.341 e. The number of piperidine rings is 1. The van der Waals surface area contributed by atoms with Gasteiger partial charge in [-0.15, -0.1) is 0 Å². The highest BCUT2D eigenvalue weighted by Gasteiger charge is 2.23. The van der Waals surface area contributed by atoms with Gasteiger partial charge in [0.1, 0.15) is 0 Å². The summed E-state index contributed by atoms with van der Waals surface area (Å²) in [7, 11) is 2.11. The van der Waals surface area contributed by atoms with E-state index in [2.05, 4.69) is 67.0 Å². The number of nitrogens with zero attached hydrogens (tertiary/aromatic N) is 4. The molecule has 4 nitrogen and oxygen atoms in total. The van der Waals surface area contributed by atoms with Crippen molar-refractivity contribution in [3.63, 3.8) is 0 Å². The van der Waals surface area contributed by atoms with E-state index in [9.17, 15) is 0 Å². The Hall–Kier alpha value is -1.46. The van der Waals surface area contributed by atoms with Gasteiger partial charge in [-0.3, -0.25) is 4.90 Å². The number of rotatable bonds is 4. The Bertz CT molecular complexity index is 636. The van der Waals surface area contributed by atoms with E-state index in [-0.39, 0.29) is 0 Å². The lowest BCUT2D eigenvalue weighted by Gasteiger charge is -2.36. The lowest BCUT2D eigenvalue weighted by molar-refractivity contribution is 0.203. The Labute approximate surface area is 146 Å². The number of aryl methyl sites for hydroxylation is 1. The zero-order valence-corrected chi connectivity index (χ0v) is 15.3. The van der Waals surface area contributed by atoms with Gasteiger partial charge in [-0.25, -0.2) is 9.97 Å². The summed E-state index contributed by atoms with van der Waals surface area (Å²) in [6.45, 7) is 5.28. The SMILES string of the molecule is Cc1cnc(N(C)C2CCN(Cc3cccc(Br)c3)CC2)nc1. The fourth-order valence-electron chi connectivity index (χ4n) is 3.09. The molecule has 0 bridgehead atoms. The van der Waals surface area contributed by atoms with Crippen molar-refractivity contribution < 1.29 is 0 Å². The second-order valence-electron chi connectivity index (χ2n) is 6.31. The predicted octanol–water partition coefficient (Wildman–Crippen LogP) is 3.65. The molecule has 0 radical (unpaired) electrons. The molecule has 0 amide bonds. The van der Waals surface area contributed by atoms with Crippen LogP contribution in [0, 0.1) is 6.92 Å². The van der Waals surface area contributed by atoms with Crippen LogP contribution in [0.15, 0.2) is 41.1 Å². The lowest BCUT2D eigenvalue weighted by atomic mass is 10.0. The molecule has 122 valence electrons. The molecule has 0 saturated carbocycles. The molecule has 0 aliphatic carbocycles. The van der Waals surface area contributed by atoms with Gasteiger partial charge >= 0.3 is 0 Å². The Morgan fingerprint density at radius 1 is 1.22 bits per heavy atom. The fraction of sp³-hybridized carbons (Fsp3) is 0.444. The lowest BCUT2D eigenvalue weighted by Crippen LogP contribution is -2.43. The summed E-state index contributed by atoms with van der Waals surface area (Å²) in [5.41, 5.74) is 2.47. The van der Waals surface area contributed by atoms with Gasteiger partial charge in [0.05, 0.1) is 0 Å². The van der Waals surface area contributed by atoms with Crippen LogP contribution in [0.1, 0.15) is 24.0 Å². The highest BCUT2D eigenvalue weighted by molar-refractivity contribution is 9.10. The number of halogens is 1. The van der Waals surface area contributed by atoms with Gasteiger partial charge in [-0.05, 0) is 43.0 Å². The van der Waals surface area contributed by atoms with Crippen LogP contribution in [-0.2, 0) is 6.54 Å². The first-order valence-electron chi connectivity index (χ1n) is 8.10. The Morgan fingerprint density at radius 3 is 2.57 bits per heavy atom. The van der Waals surface area contributed by atoms with Crippen molar-refractivity contribution in [2.75, 3.05) is 25.0 Å². The van der Waals surface area contributed by atoms with Crippen molar-refractivity contribution >= 4 is 21.9 Å². The first kappa shape index (κ1) is 16.4. The minimum atomic E-state index is 0.525. The number of likely N-dealkylation sites (tertiary alicyclic amines) is 1. The summed E-state index contributed by atoms with van der Waals surface area (Å²) in [4.78, 5) is 13.7. The van der Waals surface area contributed by atoms with Crippen molar-refractivity contribution in [2.45, 2.75) is 32.4 Å². The molecule has 0 atom stereocenters. The van der Waals surface area contributed by atoms with Gasteiger partial charge in [0.25, 0.3) is 0 Å². The highest BCUT2D eigenvalue weighted by atomic mass is 79.9. The molecule has 1 aromatic carbocycles. The minimum Gasteiger partial charge on any atom is -0.341 e. The summed E-state index contributed by atoms with van der Waals surface area (Å²) in [5.74, 6) is 0.834. The van der Waals surface area contributed by atoms with Crippen LogP contribution in [0.2, 0.25) is 0 Å². The zero-order valence-electron chi connectivity index (χ0n) is 13.7. The van der Waals surface area contributed by atoms with E-state index in [0.717, 1.165) is 48.5 Å². The molecule has 1 aliphatic rings. The number of hydrogen-bond acceptors (Lipinski definition) is 4. The summed E-state index contributed by atoms with van der Waals surface area (Å²) < 4.78 is 1.15. The number of aromatic nitrogens is 2. The van der Waals surface area contributed by atoms with E-state index in [0.29, 0.717) is 6.04 Å². The van der Waals surface area contributed by atoms with Gasteiger partial charge in [-0.2, -0.15) is 0 Å². The normalized spacial score (nSPS) is 16.5. The maximum Gasteiger partial charge on any atom is 0.225 e. The average molecular weight is 375 g/mol. The number of hydrogen-bond donors (Lipinski definition) is 0. The second-order valence-corrected chi connectivity index (χ2v) is 7.22. The molecule has 1 aromatic heterocycles. The zero-order chi connectivity index (χ0) is 16.2. The van der Waals surface area contributed by atoms with Crippen molar-refractivity contribution in [2.24, 2.45) is 0 Å². The number of benzene rings is 1. The molecule has 23 heavy (non-hydrogen) atoms. The van der Waals surface area contributed by atoms with Crippen LogP contribution < -0.4 is 4.90 Å². The molecule has 1 saturated heterocycles. The number of anilines is 1. The van der Waals surface area contributed by atoms with E-state index >= 15 is 0 Å². The van der Waals surface area contributed by atoms with Crippen molar-refractivity contribution in [1.29, 1.82) is 0 Å². The van der Waals surface area contributed by atoms with E-state index in [1.54, 1.807) is 0 Å². The van der Waals surface area contributed by atoms with E-state index in [4.69, 9.17) is 0 Å². The quantitative estimate of drug-likeness (QED) is 0.817. The van der Waals surface area contributed by atoms with Gasteiger partial charge in [0, 0.05) is 49.6 Å². The summed E-state index contributed by atoms with van der Waals surface area (Å²) in [6.07, 6.45) is 6.09. The molecule has 3 rings (SSSR count). The molecule has 2 heterocycles. The van der Waals surface area contributed by atoms with Crippen LogP contribution in [0.25, 0.3) is 0 Å². The van der Waals surface area contributed by atoms with Crippen LogP contribution >= 0.6 is 15.9 Å². The van der Waals surface area contributed by atoms with E-state index < -0.39 is 0 Å². The molecule has 1 fully saturated rings. The summed E-state index contributed by atoms with van der Waals surface area (Å²) in [5, 5.41) is 0. The topological polar surface area (TPSA) is 32.3 Å². The van der Waals surface area contributed by atoms with Crippen molar-refractivity contribution in [1.82, 2.24) is 14.9 Å². The van der Waals surface area contributed by atoms with E-state index in [1.165, 1.54) is 5.56 Å². The first-order valence-corrected chi connectivity index (χ1v) is 8.89. The van der Waals surface area contributed by atoms with Crippen LogP contribution in [0.3, 0.4) is 0 Å². The second kappa shape index (κ2) is 7.41. The molecular weight excluding hydrogens is 352 g/mol. The Morgan fingerprint density at radius 2 is 1.91 bits per heavy atom. The maximum absolute atomic E-state index is 4.45. The smallest absolute Gasteiger partial charge is 0.225 e. The molecule has 2 aromatic rings. The summed E-state index contributed by atoms with van der Waals surface area (Å²) >= 11 is 3.55. The van der Waals surface area contributed by atoms with E-state index in [1.807, 2.05) is 19.3 Å². The minimum absolute atomic E-state index is 0.525. The molecule has 0 N–H and O–H groups in total. The maximum atomic E-state index is 4.45. The third kappa shape index (κ3) is 4.30. The highest BCUT2D eigenvalue weighted by Crippen LogP contribution is 2.21. The Balaban J connectivity index is 1.54. The van der Waals surface area contributed by atoms with Crippen molar-refractivity contribution in [3.05, 3.63) is 52.3 Å². The first-order chi connectivity index (χ1) is 11.1. The van der Waals surface area contributed by atoms with Gasteiger partial charge in [-0.1, -0.05) is 28.1 Å². The third-order valence-electron chi connectivity index (χ3n) is 4.48. The van der Waals surface area contributed by atoms with Crippen LogP contribution in [-0.4, -0.2) is 41.0 Å². The Kier molecular flexibility index (Phi) is 5.28. The molecule has 0 unspecified atom stereocenters. The van der Waals surface area contributed by atoms with Gasteiger partial charge in [0.15, 0.2) is 0 Å². The summed E-state index contributed by atoms with van der Waals surface area (Å²) in [6, 6.07) is 9.11. The molecular formula is C18H23BrN4. The van der Waals surface area contributed by atoms with Gasteiger partial charge in [0.2, 0.25) is 5.95 Å². The van der Waals surface area contributed by atoms with Crippen molar-refractivity contribution in [3.8, 4) is 0 Å². The van der Waals surface area contributed by atoms with Crippen LogP contribution in [0.5, 0.6) is 0 Å². The fourth-order valence-corrected chi connectivity index (χ4v) is 3.54. The predicted molar refractivity (Wildman–Crippen MR) is 97.6 cm³/mol. The molecule has 5 heteroatoms. The van der Waals surface area contributed by atoms with Gasteiger partial charge < -0.3 is 4.90 Å².